The molecule has 6 heteroatoms. The van der Waals surface area contributed by atoms with E-state index in [1.54, 1.807) is 7.05 Å². The van der Waals surface area contributed by atoms with E-state index in [2.05, 4.69) is 17.2 Å². The predicted octanol–water partition coefficient (Wildman–Crippen LogP) is 1.18. The largest absolute Gasteiger partial charge is 0.350 e. The number of benzene rings is 1. The standard InChI is InChI=1S/C17H21N3O3/c1-5-15(22)20(4)10-14(21)18-9-11-6-7-13-12(8-11)17(2,3)16(23)19-13/h5-8H,1,9-10H2,2-4H3,(H,18,21)(H,19,23). The Bertz CT molecular complexity index is 680. The van der Waals surface area contributed by atoms with Gasteiger partial charge in [0.2, 0.25) is 17.7 Å². The molecule has 6 nitrogen and oxygen atoms in total. The molecule has 122 valence electrons. The lowest BCUT2D eigenvalue weighted by Gasteiger charge is -2.17. The maximum atomic E-state index is 11.9. The van der Waals surface area contributed by atoms with Crippen molar-refractivity contribution < 1.29 is 14.4 Å². The van der Waals surface area contributed by atoms with Gasteiger partial charge in [0.15, 0.2) is 0 Å². The molecule has 0 aromatic heterocycles. The normalized spacial score (nSPS) is 14.7. The van der Waals surface area contributed by atoms with Crippen LogP contribution < -0.4 is 10.6 Å². The van der Waals surface area contributed by atoms with Crippen molar-refractivity contribution >= 4 is 23.4 Å². The Labute approximate surface area is 135 Å². The quantitative estimate of drug-likeness (QED) is 0.801. The number of carbonyl (C=O) groups is 3. The van der Waals surface area contributed by atoms with E-state index in [4.69, 9.17) is 0 Å². The highest BCUT2D eigenvalue weighted by Gasteiger charge is 2.38. The van der Waals surface area contributed by atoms with Crippen molar-refractivity contribution in [2.75, 3.05) is 18.9 Å². The van der Waals surface area contributed by atoms with Crippen molar-refractivity contribution in [2.24, 2.45) is 0 Å². The average molecular weight is 315 g/mol. The summed E-state index contributed by atoms with van der Waals surface area (Å²) in [5.41, 5.74) is 2.06. The number of likely N-dealkylation sites (N-methyl/N-ethyl adjacent to an activating group) is 1. The Morgan fingerprint density at radius 2 is 2.09 bits per heavy atom. The second-order valence-electron chi connectivity index (χ2n) is 6.13. The molecular weight excluding hydrogens is 294 g/mol. The Kier molecular flexibility index (Phi) is 4.54. The molecule has 1 aromatic rings. The highest BCUT2D eigenvalue weighted by atomic mass is 16.2. The SMILES string of the molecule is C=CC(=O)N(C)CC(=O)NCc1ccc2c(c1)C(C)(C)C(=O)N2. The Hall–Kier alpha value is -2.63. The Morgan fingerprint density at radius 1 is 1.39 bits per heavy atom. The van der Waals surface area contributed by atoms with E-state index < -0.39 is 5.41 Å². The zero-order valence-electron chi connectivity index (χ0n) is 13.6. The van der Waals surface area contributed by atoms with E-state index in [1.807, 2.05) is 32.0 Å². The summed E-state index contributed by atoms with van der Waals surface area (Å²) >= 11 is 0. The molecule has 1 aliphatic rings. The molecule has 2 rings (SSSR count). The number of fused-ring (bicyclic) bond motifs is 1. The number of carbonyl (C=O) groups excluding carboxylic acids is 3. The topological polar surface area (TPSA) is 78.5 Å². The van der Waals surface area contributed by atoms with Crippen LogP contribution >= 0.6 is 0 Å². The first-order valence-electron chi connectivity index (χ1n) is 7.35. The van der Waals surface area contributed by atoms with Crippen molar-refractivity contribution in [3.63, 3.8) is 0 Å². The third-order valence-corrected chi connectivity index (χ3v) is 3.99. The van der Waals surface area contributed by atoms with E-state index >= 15 is 0 Å². The van der Waals surface area contributed by atoms with Gasteiger partial charge in [0.05, 0.1) is 12.0 Å². The number of hydrogen-bond acceptors (Lipinski definition) is 3. The Morgan fingerprint density at radius 3 is 2.74 bits per heavy atom. The van der Waals surface area contributed by atoms with Gasteiger partial charge in [-0.2, -0.15) is 0 Å². The van der Waals surface area contributed by atoms with E-state index in [-0.39, 0.29) is 24.3 Å². The first-order chi connectivity index (χ1) is 10.8. The van der Waals surface area contributed by atoms with Gasteiger partial charge in [0.1, 0.15) is 0 Å². The molecule has 0 bridgehead atoms. The molecule has 1 aliphatic heterocycles. The van der Waals surface area contributed by atoms with E-state index in [0.29, 0.717) is 6.54 Å². The fraction of sp³-hybridized carbons (Fsp3) is 0.353. The second-order valence-corrected chi connectivity index (χ2v) is 6.13. The van der Waals surface area contributed by atoms with Crippen LogP contribution in [0.25, 0.3) is 0 Å². The summed E-state index contributed by atoms with van der Waals surface area (Å²) in [7, 11) is 1.54. The summed E-state index contributed by atoms with van der Waals surface area (Å²) in [5, 5.41) is 5.61. The summed E-state index contributed by atoms with van der Waals surface area (Å²) in [4.78, 5) is 36.4. The molecule has 0 atom stereocenters. The lowest BCUT2D eigenvalue weighted by atomic mass is 9.85. The van der Waals surface area contributed by atoms with Crippen LogP contribution in [0.3, 0.4) is 0 Å². The van der Waals surface area contributed by atoms with Crippen molar-refractivity contribution in [2.45, 2.75) is 25.8 Å². The Balaban J connectivity index is 1.99. The monoisotopic (exact) mass is 315 g/mol. The fourth-order valence-electron chi connectivity index (χ4n) is 2.43. The lowest BCUT2D eigenvalue weighted by Crippen LogP contribution is -2.37. The number of nitrogens with zero attached hydrogens (tertiary/aromatic N) is 1. The minimum absolute atomic E-state index is 0.0265. The molecule has 0 unspecified atom stereocenters. The smallest absolute Gasteiger partial charge is 0.246 e. The van der Waals surface area contributed by atoms with Gasteiger partial charge in [-0.25, -0.2) is 0 Å². The van der Waals surface area contributed by atoms with Gasteiger partial charge in [-0.3, -0.25) is 14.4 Å². The molecule has 1 aromatic carbocycles. The highest BCUT2D eigenvalue weighted by Crippen LogP contribution is 2.37. The van der Waals surface area contributed by atoms with Gasteiger partial charge in [-0.05, 0) is 37.1 Å². The van der Waals surface area contributed by atoms with Crippen LogP contribution in [0.2, 0.25) is 0 Å². The zero-order chi connectivity index (χ0) is 17.2. The number of anilines is 1. The third kappa shape index (κ3) is 3.41. The van der Waals surface area contributed by atoms with Crippen LogP contribution in [0.5, 0.6) is 0 Å². The first kappa shape index (κ1) is 16.7. The van der Waals surface area contributed by atoms with Crippen molar-refractivity contribution in [3.8, 4) is 0 Å². The zero-order valence-corrected chi connectivity index (χ0v) is 13.6. The summed E-state index contributed by atoms with van der Waals surface area (Å²) < 4.78 is 0. The van der Waals surface area contributed by atoms with Gasteiger partial charge in [0.25, 0.3) is 0 Å². The highest BCUT2D eigenvalue weighted by molar-refractivity contribution is 6.05. The predicted molar refractivity (Wildman–Crippen MR) is 87.8 cm³/mol. The molecular formula is C17H21N3O3. The molecule has 0 saturated carbocycles. The summed E-state index contributed by atoms with van der Waals surface area (Å²) in [5.74, 6) is -0.584. The van der Waals surface area contributed by atoms with Crippen molar-refractivity contribution in [3.05, 3.63) is 42.0 Å². The molecule has 23 heavy (non-hydrogen) atoms. The molecule has 0 radical (unpaired) electrons. The van der Waals surface area contributed by atoms with Crippen molar-refractivity contribution in [1.29, 1.82) is 0 Å². The van der Waals surface area contributed by atoms with Gasteiger partial charge >= 0.3 is 0 Å². The number of rotatable bonds is 5. The molecule has 2 N–H and O–H groups in total. The molecule has 0 aliphatic carbocycles. The third-order valence-electron chi connectivity index (χ3n) is 3.99. The van der Waals surface area contributed by atoms with E-state index in [0.717, 1.165) is 16.8 Å². The van der Waals surface area contributed by atoms with Crippen LogP contribution in [0.4, 0.5) is 5.69 Å². The maximum Gasteiger partial charge on any atom is 0.246 e. The van der Waals surface area contributed by atoms with E-state index in [1.165, 1.54) is 11.0 Å². The van der Waals surface area contributed by atoms with Gasteiger partial charge in [0, 0.05) is 19.3 Å². The molecule has 3 amide bonds. The summed E-state index contributed by atoms with van der Waals surface area (Å²) in [6.07, 6.45) is 1.17. The number of nitrogens with one attached hydrogen (secondary N) is 2. The summed E-state index contributed by atoms with van der Waals surface area (Å²) in [6, 6.07) is 5.63. The minimum atomic E-state index is -0.577. The van der Waals surface area contributed by atoms with Crippen LogP contribution in [0.1, 0.15) is 25.0 Å². The van der Waals surface area contributed by atoms with Gasteiger partial charge < -0.3 is 15.5 Å². The van der Waals surface area contributed by atoms with E-state index in [9.17, 15) is 14.4 Å². The molecule has 0 saturated heterocycles. The minimum Gasteiger partial charge on any atom is -0.350 e. The lowest BCUT2D eigenvalue weighted by molar-refractivity contribution is -0.131. The van der Waals surface area contributed by atoms with Crippen LogP contribution in [0.15, 0.2) is 30.9 Å². The van der Waals surface area contributed by atoms with Gasteiger partial charge in [-0.1, -0.05) is 18.7 Å². The second kappa shape index (κ2) is 6.24. The average Bonchev–Trinajstić information content (AvgIpc) is 2.74. The number of hydrogen-bond donors (Lipinski definition) is 2. The first-order valence-corrected chi connectivity index (χ1v) is 7.35. The van der Waals surface area contributed by atoms with Gasteiger partial charge in [-0.15, -0.1) is 0 Å². The van der Waals surface area contributed by atoms with Crippen LogP contribution in [-0.4, -0.2) is 36.2 Å². The van der Waals surface area contributed by atoms with Crippen LogP contribution in [-0.2, 0) is 26.3 Å². The molecule has 0 spiro atoms. The maximum absolute atomic E-state index is 11.9. The fourth-order valence-corrected chi connectivity index (χ4v) is 2.43. The number of amides is 3. The summed E-state index contributed by atoms with van der Waals surface area (Å²) in [6.45, 7) is 7.43. The van der Waals surface area contributed by atoms with Crippen molar-refractivity contribution in [1.82, 2.24) is 10.2 Å². The molecule has 0 fully saturated rings. The molecule has 1 heterocycles. The van der Waals surface area contributed by atoms with Crippen LogP contribution in [0, 0.1) is 0 Å².